The van der Waals surface area contributed by atoms with E-state index in [2.05, 4.69) is 54.8 Å². The first kappa shape index (κ1) is 20.1. The molecule has 140 valence electrons. The van der Waals surface area contributed by atoms with Gasteiger partial charge in [0.25, 0.3) is 0 Å². The van der Waals surface area contributed by atoms with Crippen LogP contribution in [0.25, 0.3) is 0 Å². The average Bonchev–Trinajstić information content (AvgIpc) is 3.14. The third-order valence-corrected chi connectivity index (χ3v) is 5.10. The number of carbonyl (C=O) groups is 2. The molecule has 0 aliphatic carbocycles. The second-order valence-corrected chi connectivity index (χ2v) is 7.69. The van der Waals surface area contributed by atoms with Gasteiger partial charge in [0, 0.05) is 19.0 Å². The average molecular weight is 374 g/mol. The quantitative estimate of drug-likeness (QED) is 0.748. The van der Waals surface area contributed by atoms with Crippen LogP contribution >= 0.6 is 11.3 Å². The van der Waals surface area contributed by atoms with Gasteiger partial charge in [-0.25, -0.2) is 0 Å². The Hall–Kier alpha value is -2.18. The summed E-state index contributed by atoms with van der Waals surface area (Å²) in [7, 11) is 3.33. The number of rotatable bonds is 8. The lowest BCUT2D eigenvalue weighted by Gasteiger charge is -2.19. The van der Waals surface area contributed by atoms with Gasteiger partial charge in [-0.1, -0.05) is 44.2 Å². The van der Waals surface area contributed by atoms with Crippen LogP contribution in [0.5, 0.6) is 0 Å². The maximum absolute atomic E-state index is 12.1. The van der Waals surface area contributed by atoms with Crippen LogP contribution in [0.1, 0.15) is 41.8 Å². The Kier molecular flexibility index (Phi) is 7.36. The number of nitrogens with zero attached hydrogens (tertiary/aromatic N) is 1. The minimum atomic E-state index is -0.194. The molecule has 0 unspecified atom stereocenters. The third-order valence-electron chi connectivity index (χ3n) is 4.17. The highest BCUT2D eigenvalue weighted by atomic mass is 32.1. The van der Waals surface area contributed by atoms with E-state index in [9.17, 15) is 9.59 Å². The van der Waals surface area contributed by atoms with Crippen molar-refractivity contribution in [2.24, 2.45) is 0 Å². The van der Waals surface area contributed by atoms with E-state index in [-0.39, 0.29) is 30.9 Å². The molecule has 0 radical (unpaired) electrons. The molecular formula is C20H27N3O2S. The molecule has 0 aliphatic rings. The fourth-order valence-corrected chi connectivity index (χ4v) is 3.33. The number of amides is 2. The summed E-state index contributed by atoms with van der Waals surface area (Å²) in [4.78, 5) is 26.3. The Labute approximate surface area is 159 Å². The standard InChI is InChI=1S/C20H27N3O2S/c1-14(2)15-7-9-16(10-8-15)20(17-6-5-11-26-17)22-12-18(24)21-13-19(25)23(3)4/h5-11,14,20,22H,12-13H2,1-4H3,(H,21,24)/t20-/m0/s1. The normalized spacial score (nSPS) is 12.0. The molecule has 1 heterocycles. The van der Waals surface area contributed by atoms with Crippen LogP contribution < -0.4 is 10.6 Å². The lowest BCUT2D eigenvalue weighted by Crippen LogP contribution is -2.41. The number of thiophene rings is 1. The molecule has 26 heavy (non-hydrogen) atoms. The Morgan fingerprint density at radius 3 is 2.23 bits per heavy atom. The highest BCUT2D eigenvalue weighted by molar-refractivity contribution is 7.10. The summed E-state index contributed by atoms with van der Waals surface area (Å²) in [5.41, 5.74) is 2.41. The van der Waals surface area contributed by atoms with E-state index in [1.165, 1.54) is 10.5 Å². The zero-order chi connectivity index (χ0) is 19.1. The maximum atomic E-state index is 12.1. The zero-order valence-corrected chi connectivity index (χ0v) is 16.6. The van der Waals surface area contributed by atoms with Gasteiger partial charge >= 0.3 is 0 Å². The SMILES string of the molecule is CC(C)c1ccc([C@H](NCC(=O)NCC(=O)N(C)C)c2cccs2)cc1. The van der Waals surface area contributed by atoms with Crippen LogP contribution in [0.2, 0.25) is 0 Å². The number of likely N-dealkylation sites (N-methyl/N-ethyl adjacent to an activating group) is 1. The number of benzene rings is 1. The summed E-state index contributed by atoms with van der Waals surface area (Å²) in [6.45, 7) is 4.50. The largest absolute Gasteiger partial charge is 0.347 e. The Balaban J connectivity index is 2.02. The van der Waals surface area contributed by atoms with Crippen molar-refractivity contribution < 1.29 is 9.59 Å². The molecular weight excluding hydrogens is 346 g/mol. The Morgan fingerprint density at radius 1 is 1.04 bits per heavy atom. The molecule has 0 fully saturated rings. The number of hydrogen-bond donors (Lipinski definition) is 2. The topological polar surface area (TPSA) is 61.4 Å². The zero-order valence-electron chi connectivity index (χ0n) is 15.8. The van der Waals surface area contributed by atoms with Gasteiger partial charge in [0.1, 0.15) is 0 Å². The summed E-state index contributed by atoms with van der Waals surface area (Å²) >= 11 is 1.66. The number of hydrogen-bond acceptors (Lipinski definition) is 4. The Morgan fingerprint density at radius 2 is 1.69 bits per heavy atom. The molecule has 1 aromatic carbocycles. The molecule has 2 aromatic rings. The summed E-state index contributed by atoms with van der Waals surface area (Å²) in [6.07, 6.45) is 0. The van der Waals surface area contributed by atoms with Gasteiger partial charge in [-0.3, -0.25) is 14.9 Å². The van der Waals surface area contributed by atoms with E-state index in [1.54, 1.807) is 25.4 Å². The van der Waals surface area contributed by atoms with Gasteiger partial charge in [0.2, 0.25) is 11.8 Å². The molecule has 0 spiro atoms. The smallest absolute Gasteiger partial charge is 0.241 e. The lowest BCUT2D eigenvalue weighted by atomic mass is 9.98. The molecule has 2 amide bonds. The van der Waals surface area contributed by atoms with Gasteiger partial charge < -0.3 is 10.2 Å². The van der Waals surface area contributed by atoms with Crippen molar-refractivity contribution in [2.75, 3.05) is 27.2 Å². The minimum absolute atomic E-state index is 0.0142. The summed E-state index contributed by atoms with van der Waals surface area (Å²) in [6, 6.07) is 12.5. The summed E-state index contributed by atoms with van der Waals surface area (Å²) in [5.74, 6) is 0.162. The molecule has 6 heteroatoms. The predicted molar refractivity (Wildman–Crippen MR) is 106 cm³/mol. The van der Waals surface area contributed by atoms with Crippen LogP contribution in [-0.4, -0.2) is 43.9 Å². The minimum Gasteiger partial charge on any atom is -0.347 e. The van der Waals surface area contributed by atoms with Crippen molar-refractivity contribution in [3.63, 3.8) is 0 Å². The Bertz CT molecular complexity index is 709. The monoisotopic (exact) mass is 373 g/mol. The molecule has 2 N–H and O–H groups in total. The van der Waals surface area contributed by atoms with Gasteiger partial charge in [0.05, 0.1) is 19.1 Å². The molecule has 5 nitrogen and oxygen atoms in total. The van der Waals surface area contributed by atoms with Gasteiger partial charge in [-0.2, -0.15) is 0 Å². The number of carbonyl (C=O) groups excluding carboxylic acids is 2. The van der Waals surface area contributed by atoms with Crippen molar-refractivity contribution in [3.8, 4) is 0 Å². The fourth-order valence-electron chi connectivity index (χ4n) is 2.50. The first-order valence-corrected chi connectivity index (χ1v) is 9.60. The van der Waals surface area contributed by atoms with Crippen molar-refractivity contribution in [3.05, 3.63) is 57.8 Å². The molecule has 0 aliphatic heterocycles. The van der Waals surface area contributed by atoms with Crippen molar-refractivity contribution >= 4 is 23.2 Å². The molecule has 0 saturated carbocycles. The first-order chi connectivity index (χ1) is 12.4. The van der Waals surface area contributed by atoms with Crippen molar-refractivity contribution in [1.29, 1.82) is 0 Å². The van der Waals surface area contributed by atoms with Crippen molar-refractivity contribution in [1.82, 2.24) is 15.5 Å². The van der Waals surface area contributed by atoms with Gasteiger partial charge in [0.15, 0.2) is 0 Å². The highest BCUT2D eigenvalue weighted by Gasteiger charge is 2.17. The van der Waals surface area contributed by atoms with E-state index < -0.39 is 0 Å². The molecule has 1 aromatic heterocycles. The molecule has 2 rings (SSSR count). The van der Waals surface area contributed by atoms with Gasteiger partial charge in [-0.05, 0) is 28.5 Å². The van der Waals surface area contributed by atoms with Gasteiger partial charge in [-0.15, -0.1) is 11.3 Å². The molecule has 1 atom stereocenters. The van der Waals surface area contributed by atoms with Crippen LogP contribution in [0, 0.1) is 0 Å². The molecule has 0 bridgehead atoms. The lowest BCUT2D eigenvalue weighted by molar-refractivity contribution is -0.130. The summed E-state index contributed by atoms with van der Waals surface area (Å²) in [5, 5.41) is 7.99. The van der Waals surface area contributed by atoms with E-state index in [1.807, 2.05) is 11.4 Å². The summed E-state index contributed by atoms with van der Waals surface area (Å²) < 4.78 is 0. The fraction of sp³-hybridized carbons (Fsp3) is 0.400. The van der Waals surface area contributed by atoms with Crippen molar-refractivity contribution in [2.45, 2.75) is 25.8 Å². The highest BCUT2D eigenvalue weighted by Crippen LogP contribution is 2.27. The first-order valence-electron chi connectivity index (χ1n) is 8.72. The van der Waals surface area contributed by atoms with E-state index >= 15 is 0 Å². The molecule has 0 saturated heterocycles. The second-order valence-electron chi connectivity index (χ2n) is 6.72. The number of nitrogens with one attached hydrogen (secondary N) is 2. The second kappa shape index (κ2) is 9.50. The van der Waals surface area contributed by atoms with Crippen LogP contribution in [-0.2, 0) is 9.59 Å². The van der Waals surface area contributed by atoms with Crippen LogP contribution in [0.3, 0.4) is 0 Å². The van der Waals surface area contributed by atoms with E-state index in [4.69, 9.17) is 0 Å². The predicted octanol–water partition coefficient (Wildman–Crippen LogP) is 2.75. The van der Waals surface area contributed by atoms with Crippen LogP contribution in [0.15, 0.2) is 41.8 Å². The third kappa shape index (κ3) is 5.68. The van der Waals surface area contributed by atoms with E-state index in [0.29, 0.717) is 5.92 Å². The van der Waals surface area contributed by atoms with Crippen LogP contribution in [0.4, 0.5) is 0 Å². The maximum Gasteiger partial charge on any atom is 0.241 e. The van der Waals surface area contributed by atoms with E-state index in [0.717, 1.165) is 10.4 Å².